The van der Waals surface area contributed by atoms with Crippen molar-refractivity contribution in [1.82, 2.24) is 0 Å². The molecule has 0 radical (unpaired) electrons. The van der Waals surface area contributed by atoms with Gasteiger partial charge in [-0.25, -0.2) is 13.2 Å². The number of hydrogen-bond acceptors (Lipinski definition) is 0. The van der Waals surface area contributed by atoms with Crippen LogP contribution in [0, 0.1) is 17.6 Å². The molecule has 0 nitrogen and oxygen atoms in total. The van der Waals surface area contributed by atoms with Gasteiger partial charge in [-0.3, -0.25) is 4.39 Å². The Balaban J connectivity index is 1.66. The van der Waals surface area contributed by atoms with Crippen molar-refractivity contribution in [3.8, 4) is 11.1 Å². The summed E-state index contributed by atoms with van der Waals surface area (Å²) in [5.41, 5.74) is 1.83. The molecule has 0 spiro atoms. The first-order valence-corrected chi connectivity index (χ1v) is 9.49. The molecular weight excluding hydrogens is 352 g/mol. The van der Waals surface area contributed by atoms with Gasteiger partial charge in [-0.2, -0.15) is 0 Å². The third-order valence-electron chi connectivity index (χ3n) is 5.45. The SMILES string of the molecule is FCC/C=C/C1CCC(c2ccc(-c3cc(F)c(CF)c(F)c3)cc2)CC1. The van der Waals surface area contributed by atoms with Crippen LogP contribution in [0.4, 0.5) is 17.6 Å². The van der Waals surface area contributed by atoms with E-state index in [-0.39, 0.29) is 6.67 Å². The van der Waals surface area contributed by atoms with Gasteiger partial charge >= 0.3 is 0 Å². The lowest BCUT2D eigenvalue weighted by molar-refractivity contribution is 0.375. The molecule has 0 atom stereocenters. The largest absolute Gasteiger partial charge is 0.251 e. The van der Waals surface area contributed by atoms with Crippen LogP contribution in [-0.4, -0.2) is 6.67 Å². The van der Waals surface area contributed by atoms with Gasteiger partial charge in [0.05, 0.1) is 12.2 Å². The van der Waals surface area contributed by atoms with Gasteiger partial charge in [0.15, 0.2) is 0 Å². The minimum Gasteiger partial charge on any atom is -0.251 e. The minimum atomic E-state index is -1.15. The molecule has 0 heterocycles. The lowest BCUT2D eigenvalue weighted by Gasteiger charge is -2.27. The van der Waals surface area contributed by atoms with Crippen molar-refractivity contribution in [3.63, 3.8) is 0 Å². The molecular formula is C23H24F4. The number of allylic oxidation sites excluding steroid dienone is 2. The maximum atomic E-state index is 13.8. The average Bonchev–Trinajstić information content (AvgIpc) is 2.69. The monoisotopic (exact) mass is 376 g/mol. The predicted octanol–water partition coefficient (Wildman–Crippen LogP) is 7.29. The fourth-order valence-corrected chi connectivity index (χ4v) is 3.84. The standard InChI is InChI=1S/C23H24F4/c24-12-2-1-3-16-4-6-17(7-5-16)18-8-10-19(11-9-18)20-13-22(26)21(15-25)23(27)14-20/h1,3,8-11,13-14,16-17H,2,4-7,12,15H2/b3-1+. The Morgan fingerprint density at radius 3 is 2.04 bits per heavy atom. The fraction of sp³-hybridized carbons (Fsp3) is 0.391. The molecule has 4 heteroatoms. The first kappa shape index (κ1) is 19.7. The van der Waals surface area contributed by atoms with Gasteiger partial charge in [0, 0.05) is 0 Å². The second-order valence-corrected chi connectivity index (χ2v) is 7.19. The fourth-order valence-electron chi connectivity index (χ4n) is 3.84. The topological polar surface area (TPSA) is 0 Å². The Labute approximate surface area is 157 Å². The summed E-state index contributed by atoms with van der Waals surface area (Å²) in [6.45, 7) is -1.45. The summed E-state index contributed by atoms with van der Waals surface area (Å²) in [5.74, 6) is -0.689. The van der Waals surface area contributed by atoms with Crippen molar-refractivity contribution < 1.29 is 17.6 Å². The van der Waals surface area contributed by atoms with Crippen molar-refractivity contribution in [1.29, 1.82) is 0 Å². The smallest absolute Gasteiger partial charge is 0.132 e. The van der Waals surface area contributed by atoms with Crippen molar-refractivity contribution in [2.75, 3.05) is 6.67 Å². The van der Waals surface area contributed by atoms with E-state index in [1.54, 1.807) is 0 Å². The zero-order valence-electron chi connectivity index (χ0n) is 15.2. The van der Waals surface area contributed by atoms with Crippen molar-refractivity contribution >= 4 is 0 Å². The third kappa shape index (κ3) is 4.79. The van der Waals surface area contributed by atoms with Crippen LogP contribution in [0.25, 0.3) is 11.1 Å². The Kier molecular flexibility index (Phi) is 6.70. The summed E-state index contributed by atoms with van der Waals surface area (Å²) in [5, 5.41) is 0. The molecule has 0 N–H and O–H groups in total. The molecule has 0 bridgehead atoms. The van der Waals surface area contributed by atoms with Crippen LogP contribution in [0.2, 0.25) is 0 Å². The van der Waals surface area contributed by atoms with Crippen molar-refractivity contribution in [3.05, 3.63) is 71.3 Å². The van der Waals surface area contributed by atoms with E-state index < -0.39 is 23.9 Å². The molecule has 0 aliphatic heterocycles. The molecule has 0 aromatic heterocycles. The molecule has 3 rings (SSSR count). The number of halogens is 4. The minimum absolute atomic E-state index is 0.303. The Morgan fingerprint density at radius 1 is 0.852 bits per heavy atom. The first-order chi connectivity index (χ1) is 13.1. The van der Waals surface area contributed by atoms with Gasteiger partial charge in [0.2, 0.25) is 0 Å². The predicted molar refractivity (Wildman–Crippen MR) is 101 cm³/mol. The van der Waals surface area contributed by atoms with Crippen LogP contribution >= 0.6 is 0 Å². The van der Waals surface area contributed by atoms with E-state index in [4.69, 9.17) is 0 Å². The van der Waals surface area contributed by atoms with Crippen molar-refractivity contribution in [2.24, 2.45) is 5.92 Å². The summed E-state index contributed by atoms with van der Waals surface area (Å²) in [7, 11) is 0. The summed E-state index contributed by atoms with van der Waals surface area (Å²) in [6, 6.07) is 10.1. The number of rotatable bonds is 6. The highest BCUT2D eigenvalue weighted by atomic mass is 19.1. The molecule has 1 saturated carbocycles. The molecule has 27 heavy (non-hydrogen) atoms. The van der Waals surface area contributed by atoms with Crippen LogP contribution in [0.5, 0.6) is 0 Å². The average molecular weight is 376 g/mol. The van der Waals surface area contributed by atoms with Crippen LogP contribution in [0.15, 0.2) is 48.6 Å². The summed E-state index contributed by atoms with van der Waals surface area (Å²) in [6.07, 6.45) is 8.92. The molecule has 0 saturated heterocycles. The van der Waals surface area contributed by atoms with Gasteiger partial charge in [-0.05, 0) is 72.8 Å². The van der Waals surface area contributed by atoms with E-state index in [0.29, 0.717) is 29.4 Å². The molecule has 144 valence electrons. The van der Waals surface area contributed by atoms with Crippen molar-refractivity contribution in [2.45, 2.75) is 44.7 Å². The maximum Gasteiger partial charge on any atom is 0.132 e. The highest BCUT2D eigenvalue weighted by molar-refractivity contribution is 5.64. The highest BCUT2D eigenvalue weighted by Crippen LogP contribution is 2.37. The molecule has 2 aromatic carbocycles. The van der Waals surface area contributed by atoms with Gasteiger partial charge in [-0.1, -0.05) is 36.4 Å². The summed E-state index contributed by atoms with van der Waals surface area (Å²) < 4.78 is 52.4. The quantitative estimate of drug-likeness (QED) is 0.367. The highest BCUT2D eigenvalue weighted by Gasteiger charge is 2.21. The normalized spacial score (nSPS) is 20.3. The van der Waals surface area contributed by atoms with Gasteiger partial charge in [0.25, 0.3) is 0 Å². The van der Waals surface area contributed by atoms with Gasteiger partial charge < -0.3 is 0 Å². The molecule has 1 aliphatic rings. The molecule has 0 unspecified atom stereocenters. The number of alkyl halides is 2. The molecule has 2 aromatic rings. The van der Waals surface area contributed by atoms with E-state index in [1.165, 1.54) is 17.7 Å². The van der Waals surface area contributed by atoms with E-state index in [9.17, 15) is 17.6 Å². The second-order valence-electron chi connectivity index (χ2n) is 7.19. The molecule has 0 amide bonds. The van der Waals surface area contributed by atoms with Crippen LogP contribution in [-0.2, 0) is 6.67 Å². The third-order valence-corrected chi connectivity index (χ3v) is 5.45. The Hall–Kier alpha value is -2.10. The molecule has 1 fully saturated rings. The van der Waals surface area contributed by atoms with Crippen LogP contribution in [0.3, 0.4) is 0 Å². The second kappa shape index (κ2) is 9.20. The van der Waals surface area contributed by atoms with Gasteiger partial charge in [-0.15, -0.1) is 0 Å². The lowest BCUT2D eigenvalue weighted by Crippen LogP contribution is -2.11. The molecule has 1 aliphatic carbocycles. The summed E-state index contributed by atoms with van der Waals surface area (Å²) in [4.78, 5) is 0. The maximum absolute atomic E-state index is 13.8. The van der Waals surface area contributed by atoms with Crippen LogP contribution < -0.4 is 0 Å². The zero-order chi connectivity index (χ0) is 19.2. The van der Waals surface area contributed by atoms with Gasteiger partial charge in [0.1, 0.15) is 18.3 Å². The number of hydrogen-bond donors (Lipinski definition) is 0. The summed E-state index contributed by atoms with van der Waals surface area (Å²) >= 11 is 0. The zero-order valence-corrected chi connectivity index (χ0v) is 15.2. The lowest BCUT2D eigenvalue weighted by atomic mass is 9.78. The van der Waals surface area contributed by atoms with E-state index in [2.05, 4.69) is 6.08 Å². The van der Waals surface area contributed by atoms with E-state index in [0.717, 1.165) is 25.7 Å². The van der Waals surface area contributed by atoms with Crippen LogP contribution in [0.1, 0.15) is 49.1 Å². The van der Waals surface area contributed by atoms with E-state index in [1.807, 2.05) is 30.3 Å². The first-order valence-electron chi connectivity index (χ1n) is 9.49. The van der Waals surface area contributed by atoms with E-state index >= 15 is 0 Å². The Morgan fingerprint density at radius 2 is 1.48 bits per heavy atom. The Bertz CT molecular complexity index is 748. The number of benzene rings is 2.